The minimum Gasteiger partial charge on any atom is -0.506 e. The van der Waals surface area contributed by atoms with Crippen LogP contribution in [0.15, 0.2) is 29.3 Å². The fourth-order valence-corrected chi connectivity index (χ4v) is 3.78. The van der Waals surface area contributed by atoms with Crippen LogP contribution < -0.4 is 16.2 Å². The number of aromatic hydroxyl groups is 2. The second-order valence-corrected chi connectivity index (χ2v) is 7.61. The van der Waals surface area contributed by atoms with E-state index in [1.165, 1.54) is 18.5 Å². The lowest BCUT2D eigenvalue weighted by Crippen LogP contribution is -2.37. The number of anilines is 1. The number of carbonyl (C=O) groups is 3. The molecule has 170 valence electrons. The van der Waals surface area contributed by atoms with Crippen molar-refractivity contribution in [1.82, 2.24) is 14.9 Å². The van der Waals surface area contributed by atoms with Crippen LogP contribution in [0.5, 0.6) is 11.6 Å². The molecule has 11 heteroatoms. The third-order valence-corrected chi connectivity index (χ3v) is 5.35. The lowest BCUT2D eigenvalue weighted by atomic mass is 9.89. The van der Waals surface area contributed by atoms with Gasteiger partial charge in [0.2, 0.25) is 5.88 Å². The predicted molar refractivity (Wildman–Crippen MR) is 113 cm³/mol. The van der Waals surface area contributed by atoms with Crippen LogP contribution in [0.4, 0.5) is 5.69 Å². The Morgan fingerprint density at radius 2 is 1.81 bits per heavy atom. The number of nitrogens with one attached hydrogen (secondary N) is 2. The number of rotatable bonds is 7. The van der Waals surface area contributed by atoms with Crippen molar-refractivity contribution in [1.29, 1.82) is 0 Å². The molecule has 0 saturated heterocycles. The van der Waals surface area contributed by atoms with E-state index in [1.807, 2.05) is 5.32 Å². The van der Waals surface area contributed by atoms with Crippen molar-refractivity contribution in [2.45, 2.75) is 38.6 Å². The first-order chi connectivity index (χ1) is 15.3. The second-order valence-electron chi connectivity index (χ2n) is 7.61. The van der Waals surface area contributed by atoms with Gasteiger partial charge in [-0.1, -0.05) is 19.3 Å². The summed E-state index contributed by atoms with van der Waals surface area (Å²) < 4.78 is 0.892. The van der Waals surface area contributed by atoms with Gasteiger partial charge in [-0.05, 0) is 30.9 Å². The summed E-state index contributed by atoms with van der Waals surface area (Å²) in [5.74, 6) is -5.24. The average Bonchev–Trinajstić information content (AvgIpc) is 2.76. The molecule has 1 aliphatic carbocycles. The number of hydrogen-bond donors (Lipinski definition) is 5. The third-order valence-electron chi connectivity index (χ3n) is 5.35. The maximum absolute atomic E-state index is 13.0. The lowest BCUT2D eigenvalue weighted by molar-refractivity contribution is -0.135. The number of pyridine rings is 2. The van der Waals surface area contributed by atoms with Crippen molar-refractivity contribution in [3.63, 3.8) is 0 Å². The topological polar surface area (TPSA) is 171 Å². The number of hydrogen-bond acceptors (Lipinski definition) is 7. The standard InChI is InChI=1S/C21H24N4O7/c26-14(27)10-23-18(29)15-17(28)16(19(30)24-13-7-4-8-22-9-13)21(32)25(20(15)31)11-12-5-2-1-3-6-12/h4,7-9,12,28,32H,1-3,5-6,10-11H2,(H,23,29)(H,24,30)(H,26,27). The number of aliphatic carboxylic acids is 1. The van der Waals surface area contributed by atoms with Gasteiger partial charge in [-0.25, -0.2) is 0 Å². The molecule has 2 aromatic heterocycles. The van der Waals surface area contributed by atoms with E-state index < -0.39 is 52.6 Å². The van der Waals surface area contributed by atoms with E-state index in [2.05, 4.69) is 10.3 Å². The average molecular weight is 444 g/mol. The van der Waals surface area contributed by atoms with E-state index in [-0.39, 0.29) is 18.2 Å². The van der Waals surface area contributed by atoms with Crippen LogP contribution in [0, 0.1) is 5.92 Å². The molecule has 32 heavy (non-hydrogen) atoms. The Hall–Kier alpha value is -3.89. The minimum absolute atomic E-state index is 0.0426. The molecule has 0 unspecified atom stereocenters. The highest BCUT2D eigenvalue weighted by Crippen LogP contribution is 2.32. The van der Waals surface area contributed by atoms with E-state index in [9.17, 15) is 29.4 Å². The molecule has 0 bridgehead atoms. The molecule has 1 fully saturated rings. The second kappa shape index (κ2) is 9.94. The first-order valence-corrected chi connectivity index (χ1v) is 10.2. The first-order valence-electron chi connectivity index (χ1n) is 10.2. The predicted octanol–water partition coefficient (Wildman–Crippen LogP) is 1.30. The Labute approximate surface area is 182 Å². The maximum atomic E-state index is 13.0. The fourth-order valence-electron chi connectivity index (χ4n) is 3.78. The first kappa shape index (κ1) is 22.8. The summed E-state index contributed by atoms with van der Waals surface area (Å²) in [6, 6.07) is 3.08. The number of nitrogens with zero attached hydrogens (tertiary/aromatic N) is 2. The van der Waals surface area contributed by atoms with Crippen LogP contribution in [0.3, 0.4) is 0 Å². The summed E-state index contributed by atoms with van der Waals surface area (Å²) in [6.45, 7) is -0.740. The van der Waals surface area contributed by atoms with Gasteiger partial charge in [-0.15, -0.1) is 0 Å². The van der Waals surface area contributed by atoms with Gasteiger partial charge in [-0.2, -0.15) is 0 Å². The van der Waals surface area contributed by atoms with Crippen LogP contribution in [-0.4, -0.2) is 49.2 Å². The number of amides is 2. The largest absolute Gasteiger partial charge is 0.506 e. The zero-order chi connectivity index (χ0) is 23.3. The SMILES string of the molecule is O=C(O)CNC(=O)c1c(O)c(C(=O)Nc2cccnc2)c(O)n(CC2CCCCC2)c1=O. The number of carbonyl (C=O) groups excluding carboxylic acids is 2. The molecule has 11 nitrogen and oxygen atoms in total. The van der Waals surface area contributed by atoms with Crippen LogP contribution in [0.1, 0.15) is 52.8 Å². The van der Waals surface area contributed by atoms with E-state index in [4.69, 9.17) is 5.11 Å². The van der Waals surface area contributed by atoms with Crippen molar-refractivity contribution < 1.29 is 29.7 Å². The summed E-state index contributed by atoms with van der Waals surface area (Å²) in [7, 11) is 0. The highest BCUT2D eigenvalue weighted by atomic mass is 16.4. The van der Waals surface area contributed by atoms with E-state index in [0.29, 0.717) is 0 Å². The highest BCUT2D eigenvalue weighted by molar-refractivity contribution is 6.10. The Balaban J connectivity index is 2.07. The molecule has 5 N–H and O–H groups in total. The normalized spacial score (nSPS) is 14.0. The van der Waals surface area contributed by atoms with Gasteiger partial charge in [0.15, 0.2) is 5.75 Å². The third kappa shape index (κ3) is 5.05. The summed E-state index contributed by atoms with van der Waals surface area (Å²) in [6.07, 6.45) is 7.42. The molecule has 0 spiro atoms. The summed E-state index contributed by atoms with van der Waals surface area (Å²) in [4.78, 5) is 53.0. The maximum Gasteiger partial charge on any atom is 0.322 e. The van der Waals surface area contributed by atoms with Crippen molar-refractivity contribution >= 4 is 23.5 Å². The molecule has 2 aromatic rings. The fraction of sp³-hybridized carbons (Fsp3) is 0.381. The van der Waals surface area contributed by atoms with Gasteiger partial charge in [-0.3, -0.25) is 28.7 Å². The van der Waals surface area contributed by atoms with Gasteiger partial charge >= 0.3 is 5.97 Å². The monoisotopic (exact) mass is 444 g/mol. The summed E-state index contributed by atoms with van der Waals surface area (Å²) in [5, 5.41) is 34.6. The highest BCUT2D eigenvalue weighted by Gasteiger charge is 2.31. The number of carboxylic acids is 1. The zero-order valence-electron chi connectivity index (χ0n) is 17.2. The van der Waals surface area contributed by atoms with Crippen molar-refractivity contribution in [2.75, 3.05) is 11.9 Å². The molecular weight excluding hydrogens is 420 g/mol. The van der Waals surface area contributed by atoms with Gasteiger partial charge in [0.1, 0.15) is 17.7 Å². The number of aromatic nitrogens is 2. The lowest BCUT2D eigenvalue weighted by Gasteiger charge is -2.24. The quantitative estimate of drug-likeness (QED) is 0.425. The van der Waals surface area contributed by atoms with Crippen LogP contribution in [-0.2, 0) is 11.3 Å². The van der Waals surface area contributed by atoms with Gasteiger partial charge in [0.25, 0.3) is 17.4 Å². The van der Waals surface area contributed by atoms with E-state index in [1.54, 1.807) is 6.07 Å². The molecule has 0 aromatic carbocycles. The molecule has 2 heterocycles. The van der Waals surface area contributed by atoms with Crippen LogP contribution in [0.2, 0.25) is 0 Å². The Morgan fingerprint density at radius 1 is 1.09 bits per heavy atom. The molecule has 0 atom stereocenters. The zero-order valence-corrected chi connectivity index (χ0v) is 17.2. The molecule has 1 saturated carbocycles. The molecule has 0 aliphatic heterocycles. The van der Waals surface area contributed by atoms with Crippen molar-refractivity contribution in [3.8, 4) is 11.6 Å². The Kier molecular flexibility index (Phi) is 7.08. The minimum atomic E-state index is -1.35. The van der Waals surface area contributed by atoms with Crippen LogP contribution >= 0.6 is 0 Å². The molecule has 0 radical (unpaired) electrons. The summed E-state index contributed by atoms with van der Waals surface area (Å²) >= 11 is 0. The Bertz CT molecular complexity index is 1080. The molecule has 1 aliphatic rings. The number of carboxylic acid groups (broad SMARTS) is 1. The van der Waals surface area contributed by atoms with Crippen molar-refractivity contribution in [2.24, 2.45) is 5.92 Å². The van der Waals surface area contributed by atoms with E-state index in [0.717, 1.165) is 36.7 Å². The van der Waals surface area contributed by atoms with Gasteiger partial charge in [0.05, 0.1) is 11.9 Å². The molecule has 2 amide bonds. The van der Waals surface area contributed by atoms with Gasteiger partial charge in [0, 0.05) is 12.7 Å². The van der Waals surface area contributed by atoms with E-state index >= 15 is 0 Å². The summed E-state index contributed by atoms with van der Waals surface area (Å²) in [5.41, 5.74) is -2.22. The Morgan fingerprint density at radius 3 is 2.44 bits per heavy atom. The molecule has 3 rings (SSSR count). The smallest absolute Gasteiger partial charge is 0.322 e. The van der Waals surface area contributed by atoms with Crippen molar-refractivity contribution in [3.05, 3.63) is 46.0 Å². The van der Waals surface area contributed by atoms with Gasteiger partial charge < -0.3 is 26.0 Å². The van der Waals surface area contributed by atoms with Crippen LogP contribution in [0.25, 0.3) is 0 Å². The molecular formula is C21H24N4O7.